The predicted octanol–water partition coefficient (Wildman–Crippen LogP) is 4.74. The third-order valence-electron chi connectivity index (χ3n) is 3.01. The second kappa shape index (κ2) is 6.17. The van der Waals surface area contributed by atoms with Crippen LogP contribution in [0, 0.1) is 10.1 Å². The number of rotatable bonds is 5. The van der Waals surface area contributed by atoms with Gasteiger partial charge in [0.25, 0.3) is 5.69 Å². The van der Waals surface area contributed by atoms with Gasteiger partial charge in [0.2, 0.25) is 0 Å². The zero-order valence-corrected chi connectivity index (χ0v) is 12.1. The smallest absolute Gasteiger partial charge is 0.258 e. The third kappa shape index (κ3) is 3.33. The van der Waals surface area contributed by atoms with E-state index in [1.54, 1.807) is 23.5 Å². The number of nitro groups is 1. The molecule has 0 amide bonds. The van der Waals surface area contributed by atoms with Crippen molar-refractivity contribution in [3.8, 4) is 0 Å². The zero-order valence-electron chi connectivity index (χ0n) is 10.5. The summed E-state index contributed by atoms with van der Waals surface area (Å²) in [6.07, 6.45) is 1.66. The van der Waals surface area contributed by atoms with E-state index in [1.165, 1.54) is 22.6 Å². The molecule has 0 radical (unpaired) electrons. The number of hydrogen-bond donors (Lipinski definition) is 0. The first kappa shape index (κ1) is 14.0. The Morgan fingerprint density at radius 2 is 2.00 bits per heavy atom. The Bertz CT molecular complexity index is 565. The Kier molecular flexibility index (Phi) is 4.56. The maximum absolute atomic E-state index is 10.6. The van der Waals surface area contributed by atoms with Crippen LogP contribution in [0.1, 0.15) is 28.3 Å². The quantitative estimate of drug-likeness (QED) is 0.454. The van der Waals surface area contributed by atoms with Gasteiger partial charge in [-0.2, -0.15) is 0 Å². The number of thiophene rings is 1. The minimum Gasteiger partial charge on any atom is -0.258 e. The van der Waals surface area contributed by atoms with E-state index in [2.05, 4.69) is 18.4 Å². The molecule has 19 heavy (non-hydrogen) atoms. The van der Waals surface area contributed by atoms with Crippen LogP contribution in [0.5, 0.6) is 0 Å². The van der Waals surface area contributed by atoms with Gasteiger partial charge >= 0.3 is 0 Å². The number of nitro benzene ring substituents is 1. The van der Waals surface area contributed by atoms with Gasteiger partial charge in [-0.05, 0) is 35.4 Å². The summed E-state index contributed by atoms with van der Waals surface area (Å²) >= 11 is 8.11. The van der Waals surface area contributed by atoms with E-state index in [0.717, 1.165) is 12.0 Å². The third-order valence-corrected chi connectivity index (χ3v) is 4.58. The monoisotopic (exact) mass is 295 g/mol. The predicted molar refractivity (Wildman–Crippen MR) is 79.1 cm³/mol. The van der Waals surface area contributed by atoms with Crippen LogP contribution in [-0.4, -0.2) is 4.92 Å². The highest BCUT2D eigenvalue weighted by atomic mass is 35.5. The van der Waals surface area contributed by atoms with Crippen LogP contribution < -0.4 is 0 Å². The minimum atomic E-state index is -0.392. The number of alkyl halides is 1. The first-order valence-corrected chi connectivity index (χ1v) is 7.37. The largest absolute Gasteiger partial charge is 0.269 e. The highest BCUT2D eigenvalue weighted by molar-refractivity contribution is 7.10. The number of nitrogens with zero attached hydrogens (tertiary/aromatic N) is 1. The van der Waals surface area contributed by atoms with Crippen LogP contribution >= 0.6 is 22.9 Å². The molecule has 1 aromatic heterocycles. The summed E-state index contributed by atoms with van der Waals surface area (Å²) in [6, 6.07) is 8.69. The summed E-state index contributed by atoms with van der Waals surface area (Å²) in [5.74, 6) is 0. The van der Waals surface area contributed by atoms with Gasteiger partial charge in [-0.3, -0.25) is 10.1 Å². The lowest BCUT2D eigenvalue weighted by Crippen LogP contribution is -1.97. The van der Waals surface area contributed by atoms with Crippen LogP contribution in [0.15, 0.2) is 35.7 Å². The molecule has 1 aromatic carbocycles. The number of non-ortho nitro benzene ring substituents is 1. The Hall–Kier alpha value is -1.39. The highest BCUT2D eigenvalue weighted by Crippen LogP contribution is 2.32. The first-order chi connectivity index (χ1) is 9.11. The van der Waals surface area contributed by atoms with Gasteiger partial charge in [-0.25, -0.2) is 0 Å². The van der Waals surface area contributed by atoms with Crippen LogP contribution in [-0.2, 0) is 12.8 Å². The van der Waals surface area contributed by atoms with Crippen LogP contribution in [0.3, 0.4) is 0 Å². The van der Waals surface area contributed by atoms with Crippen LogP contribution in [0.2, 0.25) is 0 Å². The number of halogens is 1. The minimum absolute atomic E-state index is 0.0728. The molecule has 0 saturated carbocycles. The average molecular weight is 296 g/mol. The Labute approximate surface area is 121 Å². The van der Waals surface area contributed by atoms with Crippen molar-refractivity contribution in [1.82, 2.24) is 0 Å². The van der Waals surface area contributed by atoms with Crippen molar-refractivity contribution in [2.24, 2.45) is 0 Å². The Balaban J connectivity index is 2.10. The molecule has 0 saturated heterocycles. The second-order valence-corrected chi connectivity index (χ2v) is 5.73. The molecule has 0 aliphatic rings. The van der Waals surface area contributed by atoms with Crippen molar-refractivity contribution in [2.75, 3.05) is 0 Å². The van der Waals surface area contributed by atoms with Crippen molar-refractivity contribution in [3.63, 3.8) is 0 Å². The fourth-order valence-corrected chi connectivity index (χ4v) is 3.41. The maximum Gasteiger partial charge on any atom is 0.269 e. The molecule has 0 fully saturated rings. The first-order valence-electron chi connectivity index (χ1n) is 6.05. The average Bonchev–Trinajstić information content (AvgIpc) is 2.87. The van der Waals surface area contributed by atoms with E-state index >= 15 is 0 Å². The fraction of sp³-hybridized carbons (Fsp3) is 0.286. The summed E-state index contributed by atoms with van der Waals surface area (Å²) in [4.78, 5) is 11.4. The molecule has 1 atom stereocenters. The molecule has 0 aliphatic carbocycles. The van der Waals surface area contributed by atoms with Crippen molar-refractivity contribution in [2.45, 2.75) is 25.1 Å². The summed E-state index contributed by atoms with van der Waals surface area (Å²) in [7, 11) is 0. The normalized spacial score (nSPS) is 12.3. The van der Waals surface area contributed by atoms with Gasteiger partial charge in [0.1, 0.15) is 0 Å². The lowest BCUT2D eigenvalue weighted by molar-refractivity contribution is -0.384. The fourth-order valence-electron chi connectivity index (χ4n) is 1.97. The van der Waals surface area contributed by atoms with Gasteiger partial charge in [0.05, 0.1) is 10.3 Å². The second-order valence-electron chi connectivity index (χ2n) is 4.26. The summed E-state index contributed by atoms with van der Waals surface area (Å²) in [5.41, 5.74) is 2.41. The molecular formula is C14H14ClNO2S. The van der Waals surface area contributed by atoms with Crippen molar-refractivity contribution < 1.29 is 4.92 Å². The van der Waals surface area contributed by atoms with E-state index in [1.807, 2.05) is 0 Å². The summed E-state index contributed by atoms with van der Waals surface area (Å²) < 4.78 is 0. The molecule has 3 nitrogen and oxygen atoms in total. The lowest BCUT2D eigenvalue weighted by atomic mass is 10.1. The van der Waals surface area contributed by atoms with Gasteiger partial charge < -0.3 is 0 Å². The molecule has 100 valence electrons. The highest BCUT2D eigenvalue weighted by Gasteiger charge is 2.14. The topological polar surface area (TPSA) is 43.1 Å². The molecule has 2 rings (SSSR count). The molecule has 0 N–H and O–H groups in total. The molecular weight excluding hydrogens is 282 g/mol. The van der Waals surface area contributed by atoms with Crippen LogP contribution in [0.25, 0.3) is 0 Å². The molecule has 2 aromatic rings. The van der Waals surface area contributed by atoms with Gasteiger partial charge in [0.15, 0.2) is 0 Å². The van der Waals surface area contributed by atoms with E-state index in [0.29, 0.717) is 6.42 Å². The van der Waals surface area contributed by atoms with Crippen molar-refractivity contribution in [3.05, 3.63) is 61.8 Å². The van der Waals surface area contributed by atoms with Gasteiger partial charge in [-0.1, -0.05) is 19.1 Å². The molecule has 0 bridgehead atoms. The van der Waals surface area contributed by atoms with Gasteiger partial charge in [-0.15, -0.1) is 22.9 Å². The Morgan fingerprint density at radius 3 is 2.58 bits per heavy atom. The molecule has 1 unspecified atom stereocenters. The number of hydrogen-bond acceptors (Lipinski definition) is 3. The standard InChI is InChI=1S/C14H14ClNO2S/c1-2-11-7-8-19-14(11)13(15)9-10-3-5-12(6-4-10)16(17)18/h3-8,13H,2,9H2,1H3. The summed E-state index contributed by atoms with van der Waals surface area (Å²) in [6.45, 7) is 2.11. The number of benzene rings is 1. The Morgan fingerprint density at radius 1 is 1.32 bits per heavy atom. The van der Waals surface area contributed by atoms with E-state index < -0.39 is 4.92 Å². The maximum atomic E-state index is 10.6. The van der Waals surface area contributed by atoms with Gasteiger partial charge in [0, 0.05) is 17.0 Å². The van der Waals surface area contributed by atoms with E-state index in [-0.39, 0.29) is 11.1 Å². The molecule has 1 heterocycles. The lowest BCUT2D eigenvalue weighted by Gasteiger charge is -2.09. The molecule has 5 heteroatoms. The van der Waals surface area contributed by atoms with Crippen LogP contribution in [0.4, 0.5) is 5.69 Å². The number of aryl methyl sites for hydroxylation is 1. The van der Waals surface area contributed by atoms with Crippen molar-refractivity contribution in [1.29, 1.82) is 0 Å². The zero-order chi connectivity index (χ0) is 13.8. The van der Waals surface area contributed by atoms with E-state index in [4.69, 9.17) is 11.6 Å². The van der Waals surface area contributed by atoms with E-state index in [9.17, 15) is 10.1 Å². The van der Waals surface area contributed by atoms with Crippen molar-refractivity contribution >= 4 is 28.6 Å². The molecule has 0 aliphatic heterocycles. The SMILES string of the molecule is CCc1ccsc1C(Cl)Cc1ccc([N+](=O)[O-])cc1. The molecule has 0 spiro atoms. The summed E-state index contributed by atoms with van der Waals surface area (Å²) in [5, 5.41) is 12.6.